The van der Waals surface area contributed by atoms with Gasteiger partial charge < -0.3 is 9.15 Å². The zero-order chi connectivity index (χ0) is 10.7. The summed E-state index contributed by atoms with van der Waals surface area (Å²) in [5, 5.41) is 0. The highest BCUT2D eigenvalue weighted by Gasteiger charge is 2.14. The SMILES string of the molecule is CC(C)c1coc(CN2CCOCC2)n1. The number of oxazole rings is 1. The van der Waals surface area contributed by atoms with Crippen molar-refractivity contribution in [3.63, 3.8) is 0 Å². The lowest BCUT2D eigenvalue weighted by Gasteiger charge is -2.24. The van der Waals surface area contributed by atoms with Crippen LogP contribution in [0.1, 0.15) is 31.4 Å². The molecule has 1 fully saturated rings. The van der Waals surface area contributed by atoms with Crippen molar-refractivity contribution in [1.29, 1.82) is 0 Å². The molecule has 1 aliphatic heterocycles. The van der Waals surface area contributed by atoms with Crippen LogP contribution in [-0.4, -0.2) is 36.2 Å². The van der Waals surface area contributed by atoms with Gasteiger partial charge in [-0.05, 0) is 5.92 Å². The van der Waals surface area contributed by atoms with E-state index in [1.807, 2.05) is 0 Å². The van der Waals surface area contributed by atoms with Gasteiger partial charge in [-0.2, -0.15) is 0 Å². The van der Waals surface area contributed by atoms with Gasteiger partial charge in [0, 0.05) is 13.1 Å². The second-order valence-electron chi connectivity index (χ2n) is 4.21. The van der Waals surface area contributed by atoms with Crippen LogP contribution < -0.4 is 0 Å². The van der Waals surface area contributed by atoms with Crippen molar-refractivity contribution in [3.8, 4) is 0 Å². The third-order valence-electron chi connectivity index (χ3n) is 2.62. The predicted molar refractivity (Wildman–Crippen MR) is 56.7 cm³/mol. The Morgan fingerprint density at radius 1 is 1.40 bits per heavy atom. The van der Waals surface area contributed by atoms with E-state index in [1.165, 1.54) is 0 Å². The van der Waals surface area contributed by atoms with Crippen LogP contribution in [0.15, 0.2) is 10.7 Å². The van der Waals surface area contributed by atoms with Crippen LogP contribution in [0.2, 0.25) is 0 Å². The Hall–Kier alpha value is -0.870. The quantitative estimate of drug-likeness (QED) is 0.760. The van der Waals surface area contributed by atoms with Crippen molar-refractivity contribution in [2.75, 3.05) is 26.3 Å². The van der Waals surface area contributed by atoms with E-state index in [-0.39, 0.29) is 0 Å². The molecule has 0 N–H and O–H groups in total. The molecule has 0 spiro atoms. The Bertz CT molecular complexity index is 303. The van der Waals surface area contributed by atoms with Gasteiger partial charge in [-0.15, -0.1) is 0 Å². The van der Waals surface area contributed by atoms with E-state index in [0.29, 0.717) is 5.92 Å². The van der Waals surface area contributed by atoms with Crippen LogP contribution >= 0.6 is 0 Å². The fourth-order valence-electron chi connectivity index (χ4n) is 1.61. The largest absolute Gasteiger partial charge is 0.447 e. The summed E-state index contributed by atoms with van der Waals surface area (Å²) in [6.45, 7) is 8.62. The molecule has 1 aromatic heterocycles. The van der Waals surface area contributed by atoms with E-state index in [0.717, 1.165) is 44.4 Å². The molecular weight excluding hydrogens is 192 g/mol. The predicted octanol–water partition coefficient (Wildman–Crippen LogP) is 1.63. The molecule has 0 amide bonds. The van der Waals surface area contributed by atoms with Gasteiger partial charge in [0.2, 0.25) is 5.89 Å². The molecule has 0 bridgehead atoms. The fraction of sp³-hybridized carbons (Fsp3) is 0.727. The number of rotatable bonds is 3. The monoisotopic (exact) mass is 210 g/mol. The maximum atomic E-state index is 5.44. The average Bonchev–Trinajstić information content (AvgIpc) is 2.68. The highest BCUT2D eigenvalue weighted by molar-refractivity contribution is 5.01. The van der Waals surface area contributed by atoms with Crippen LogP contribution in [-0.2, 0) is 11.3 Å². The maximum Gasteiger partial charge on any atom is 0.208 e. The van der Waals surface area contributed by atoms with E-state index in [2.05, 4.69) is 23.7 Å². The first-order valence-electron chi connectivity index (χ1n) is 5.50. The van der Waals surface area contributed by atoms with Crippen molar-refractivity contribution < 1.29 is 9.15 Å². The van der Waals surface area contributed by atoms with Gasteiger partial charge in [-0.1, -0.05) is 13.8 Å². The second kappa shape index (κ2) is 4.77. The van der Waals surface area contributed by atoms with Gasteiger partial charge in [0.05, 0.1) is 25.5 Å². The third kappa shape index (κ3) is 2.79. The number of hydrogen-bond acceptors (Lipinski definition) is 4. The van der Waals surface area contributed by atoms with E-state index in [1.54, 1.807) is 6.26 Å². The summed E-state index contributed by atoms with van der Waals surface area (Å²) < 4.78 is 10.7. The molecule has 0 saturated carbocycles. The van der Waals surface area contributed by atoms with Crippen molar-refractivity contribution >= 4 is 0 Å². The molecule has 4 heteroatoms. The Labute approximate surface area is 90.2 Å². The molecule has 2 rings (SSSR count). The first-order chi connectivity index (χ1) is 7.25. The summed E-state index contributed by atoms with van der Waals surface area (Å²) in [4.78, 5) is 6.76. The number of morpholine rings is 1. The van der Waals surface area contributed by atoms with E-state index in [9.17, 15) is 0 Å². The molecule has 1 saturated heterocycles. The molecule has 4 nitrogen and oxygen atoms in total. The molecule has 0 aromatic carbocycles. The van der Waals surface area contributed by atoms with Gasteiger partial charge in [-0.3, -0.25) is 4.90 Å². The highest BCUT2D eigenvalue weighted by Crippen LogP contribution is 2.14. The van der Waals surface area contributed by atoms with Gasteiger partial charge in [0.15, 0.2) is 0 Å². The van der Waals surface area contributed by atoms with E-state index in [4.69, 9.17) is 9.15 Å². The van der Waals surface area contributed by atoms with Crippen LogP contribution in [0.25, 0.3) is 0 Å². The molecule has 15 heavy (non-hydrogen) atoms. The minimum Gasteiger partial charge on any atom is -0.447 e. The smallest absolute Gasteiger partial charge is 0.208 e. The number of aromatic nitrogens is 1. The Morgan fingerprint density at radius 3 is 2.73 bits per heavy atom. The van der Waals surface area contributed by atoms with Gasteiger partial charge >= 0.3 is 0 Å². The van der Waals surface area contributed by atoms with Gasteiger partial charge in [0.25, 0.3) is 0 Å². The molecule has 2 heterocycles. The summed E-state index contributed by atoms with van der Waals surface area (Å²) in [5.74, 6) is 1.26. The maximum absolute atomic E-state index is 5.44. The fourth-order valence-corrected chi connectivity index (χ4v) is 1.61. The summed E-state index contributed by atoms with van der Waals surface area (Å²) in [7, 11) is 0. The Morgan fingerprint density at radius 2 is 2.13 bits per heavy atom. The third-order valence-corrected chi connectivity index (χ3v) is 2.62. The Balaban J connectivity index is 1.91. The standard InChI is InChI=1S/C11H18N2O2/c1-9(2)10-8-15-11(12-10)7-13-3-5-14-6-4-13/h8-9H,3-7H2,1-2H3. The summed E-state index contributed by atoms with van der Waals surface area (Å²) in [6.07, 6.45) is 1.76. The molecule has 1 aromatic rings. The summed E-state index contributed by atoms with van der Waals surface area (Å²) in [5.41, 5.74) is 1.04. The zero-order valence-electron chi connectivity index (χ0n) is 9.40. The van der Waals surface area contributed by atoms with Gasteiger partial charge in [-0.25, -0.2) is 4.98 Å². The van der Waals surface area contributed by atoms with Crippen molar-refractivity contribution in [3.05, 3.63) is 17.8 Å². The lowest BCUT2D eigenvalue weighted by Crippen LogP contribution is -2.35. The molecular formula is C11H18N2O2. The highest BCUT2D eigenvalue weighted by atomic mass is 16.5. The van der Waals surface area contributed by atoms with Gasteiger partial charge in [0.1, 0.15) is 6.26 Å². The molecule has 1 aliphatic rings. The van der Waals surface area contributed by atoms with E-state index >= 15 is 0 Å². The molecule has 0 radical (unpaired) electrons. The van der Waals surface area contributed by atoms with Crippen LogP contribution in [0.5, 0.6) is 0 Å². The van der Waals surface area contributed by atoms with Crippen molar-refractivity contribution in [1.82, 2.24) is 9.88 Å². The molecule has 84 valence electrons. The average molecular weight is 210 g/mol. The molecule has 0 unspecified atom stereocenters. The number of ether oxygens (including phenoxy) is 1. The topological polar surface area (TPSA) is 38.5 Å². The second-order valence-corrected chi connectivity index (χ2v) is 4.21. The number of nitrogens with zero attached hydrogens (tertiary/aromatic N) is 2. The first kappa shape index (κ1) is 10.6. The molecule has 0 aliphatic carbocycles. The minimum absolute atomic E-state index is 0.437. The van der Waals surface area contributed by atoms with Crippen molar-refractivity contribution in [2.45, 2.75) is 26.3 Å². The van der Waals surface area contributed by atoms with Crippen LogP contribution in [0, 0.1) is 0 Å². The lowest BCUT2D eigenvalue weighted by atomic mass is 10.2. The number of hydrogen-bond donors (Lipinski definition) is 0. The first-order valence-corrected chi connectivity index (χ1v) is 5.50. The van der Waals surface area contributed by atoms with Crippen LogP contribution in [0.3, 0.4) is 0 Å². The minimum atomic E-state index is 0.437. The van der Waals surface area contributed by atoms with Crippen molar-refractivity contribution in [2.24, 2.45) is 0 Å². The normalized spacial score (nSPS) is 18.6. The summed E-state index contributed by atoms with van der Waals surface area (Å²) >= 11 is 0. The summed E-state index contributed by atoms with van der Waals surface area (Å²) in [6, 6.07) is 0. The lowest BCUT2D eigenvalue weighted by molar-refractivity contribution is 0.0306. The van der Waals surface area contributed by atoms with Crippen LogP contribution in [0.4, 0.5) is 0 Å². The van der Waals surface area contributed by atoms with E-state index < -0.39 is 0 Å². The zero-order valence-corrected chi connectivity index (χ0v) is 9.40. The Kier molecular flexibility index (Phi) is 3.38. The molecule has 0 atom stereocenters.